The summed E-state index contributed by atoms with van der Waals surface area (Å²) in [6.45, 7) is 5.52. The molecule has 0 aliphatic carbocycles. The summed E-state index contributed by atoms with van der Waals surface area (Å²) in [6, 6.07) is 0.812. The normalized spacial score (nSPS) is 12.0. The molecule has 0 amide bonds. The lowest BCUT2D eigenvalue weighted by atomic mass is 10.6. The highest BCUT2D eigenvalue weighted by Crippen LogP contribution is 2.11. The van der Waals surface area contributed by atoms with E-state index in [0.29, 0.717) is 0 Å². The van der Waals surface area contributed by atoms with Gasteiger partial charge in [0.1, 0.15) is 0 Å². The lowest BCUT2D eigenvalue weighted by Crippen LogP contribution is -2.16. The van der Waals surface area contributed by atoms with Crippen LogP contribution in [0.3, 0.4) is 0 Å². The molecule has 0 saturated carbocycles. The van der Waals surface area contributed by atoms with E-state index in [1.807, 2.05) is 6.92 Å². The molecule has 0 N–H and O–H groups in total. The van der Waals surface area contributed by atoms with Crippen LogP contribution in [0.15, 0.2) is 0 Å². The summed E-state index contributed by atoms with van der Waals surface area (Å²) in [7, 11) is -2.16. The van der Waals surface area contributed by atoms with E-state index >= 15 is 0 Å². The monoisotopic (exact) mass is 120 g/mol. The summed E-state index contributed by atoms with van der Waals surface area (Å²) in [5, 5.41) is 0. The second-order valence-corrected chi connectivity index (χ2v) is 6.41. The van der Waals surface area contributed by atoms with Crippen molar-refractivity contribution in [2.24, 2.45) is 0 Å². The van der Waals surface area contributed by atoms with Gasteiger partial charge in [0.05, 0.1) is 0 Å². The van der Waals surface area contributed by atoms with Crippen LogP contribution in [0.5, 0.6) is 0 Å². The Morgan fingerprint density at radius 3 is 1.86 bits per heavy atom. The number of hydrogen-bond donors (Lipinski definition) is 0. The summed E-state index contributed by atoms with van der Waals surface area (Å²) in [5.74, 6) is 0. The fourth-order valence-corrected chi connectivity index (χ4v) is 1.78. The van der Waals surface area contributed by atoms with Gasteiger partial charge in [-0.3, -0.25) is 0 Å². The number of halogens is 1. The highest BCUT2D eigenvalue weighted by molar-refractivity contribution is 6.70. The zero-order chi connectivity index (χ0) is 5.91. The summed E-state index contributed by atoms with van der Waals surface area (Å²) in [4.78, 5) is 0. The summed E-state index contributed by atoms with van der Waals surface area (Å²) < 4.78 is 12.5. The number of hydrogen-bond acceptors (Lipinski definition) is 0. The molecule has 7 heavy (non-hydrogen) atoms. The third kappa shape index (κ3) is 6.15. The average molecular weight is 120 g/mol. The highest BCUT2D eigenvalue weighted by Gasteiger charge is 2.17. The molecular formula is C5H13FSi. The van der Waals surface area contributed by atoms with Gasteiger partial charge in [0.25, 0.3) is 0 Å². The predicted molar refractivity (Wildman–Crippen MR) is 33.7 cm³/mol. The molecule has 0 radical (unpaired) electrons. The average Bonchev–Trinajstić information content (AvgIpc) is 1.30. The Kier molecular flexibility index (Phi) is 2.50. The molecule has 44 valence electrons. The lowest BCUT2D eigenvalue weighted by molar-refractivity contribution is 0.774. The van der Waals surface area contributed by atoms with Crippen molar-refractivity contribution in [1.29, 1.82) is 0 Å². The Hall–Kier alpha value is 0.147. The first kappa shape index (κ1) is 7.15. The van der Waals surface area contributed by atoms with Gasteiger partial charge in [-0.1, -0.05) is 13.3 Å². The first-order valence-corrected chi connectivity index (χ1v) is 5.83. The minimum atomic E-state index is -2.16. The van der Waals surface area contributed by atoms with Crippen LogP contribution in [0.4, 0.5) is 4.11 Å². The van der Waals surface area contributed by atoms with Gasteiger partial charge in [0.15, 0.2) is 0 Å². The van der Waals surface area contributed by atoms with Crippen molar-refractivity contribution in [2.75, 3.05) is 0 Å². The quantitative estimate of drug-likeness (QED) is 0.388. The second kappa shape index (κ2) is 2.45. The first-order chi connectivity index (χ1) is 3.06. The van der Waals surface area contributed by atoms with Gasteiger partial charge in [-0.25, -0.2) is 0 Å². The standard InChI is InChI=1S/C5H13FSi/c1-4-5-7(2,3)6/h4-5H2,1-3H3. The van der Waals surface area contributed by atoms with Crippen LogP contribution in [0.1, 0.15) is 13.3 Å². The van der Waals surface area contributed by atoms with Crippen LogP contribution in [-0.2, 0) is 0 Å². The second-order valence-electron chi connectivity index (χ2n) is 2.47. The number of rotatable bonds is 2. The van der Waals surface area contributed by atoms with Crippen LogP contribution in [-0.4, -0.2) is 8.41 Å². The Morgan fingerprint density at radius 2 is 1.86 bits per heavy atom. The van der Waals surface area contributed by atoms with Crippen molar-refractivity contribution in [3.05, 3.63) is 0 Å². The van der Waals surface area contributed by atoms with Gasteiger partial charge in [0, 0.05) is 0 Å². The minimum absolute atomic E-state index is 0.812. The molecule has 0 heterocycles. The molecule has 0 unspecified atom stereocenters. The predicted octanol–water partition coefficient (Wildman–Crippen LogP) is 2.57. The van der Waals surface area contributed by atoms with Crippen molar-refractivity contribution in [2.45, 2.75) is 32.5 Å². The van der Waals surface area contributed by atoms with E-state index in [1.165, 1.54) is 0 Å². The van der Waals surface area contributed by atoms with E-state index < -0.39 is 8.41 Å². The maximum absolute atomic E-state index is 12.5. The van der Waals surface area contributed by atoms with Crippen LogP contribution >= 0.6 is 0 Å². The fourth-order valence-electron chi connectivity index (χ4n) is 0.594. The topological polar surface area (TPSA) is 0 Å². The molecule has 0 aliphatic rings. The third-order valence-corrected chi connectivity index (χ3v) is 2.53. The van der Waals surface area contributed by atoms with E-state index in [9.17, 15) is 4.11 Å². The Balaban J connectivity index is 3.15. The van der Waals surface area contributed by atoms with E-state index in [-0.39, 0.29) is 0 Å². The molecule has 0 nitrogen and oxygen atoms in total. The highest BCUT2D eigenvalue weighted by atomic mass is 28.4. The lowest BCUT2D eigenvalue weighted by Gasteiger charge is -2.06. The molecule has 0 aromatic carbocycles. The Morgan fingerprint density at radius 1 is 1.43 bits per heavy atom. The Labute approximate surface area is 45.9 Å². The van der Waals surface area contributed by atoms with Gasteiger partial charge in [-0.15, -0.1) is 0 Å². The third-order valence-electron chi connectivity index (χ3n) is 0.844. The van der Waals surface area contributed by atoms with Gasteiger partial charge in [-0.05, 0) is 19.1 Å². The maximum atomic E-state index is 12.5. The molecule has 0 rings (SSSR count). The molecule has 0 spiro atoms. The van der Waals surface area contributed by atoms with E-state index in [1.54, 1.807) is 13.1 Å². The van der Waals surface area contributed by atoms with Crippen molar-refractivity contribution >= 4 is 8.41 Å². The molecule has 0 aromatic rings. The SMILES string of the molecule is CCC[Si](C)(C)F. The Bertz CT molecular complexity index is 46.5. The molecular weight excluding hydrogens is 107 g/mol. The zero-order valence-electron chi connectivity index (χ0n) is 5.29. The van der Waals surface area contributed by atoms with Crippen molar-refractivity contribution in [1.82, 2.24) is 0 Å². The van der Waals surface area contributed by atoms with Gasteiger partial charge < -0.3 is 4.11 Å². The molecule has 0 atom stereocenters. The molecule has 0 aliphatic heterocycles. The zero-order valence-corrected chi connectivity index (χ0v) is 6.29. The van der Waals surface area contributed by atoms with Crippen molar-refractivity contribution in [3.8, 4) is 0 Å². The maximum Gasteiger partial charge on any atom is 0.240 e. The largest absolute Gasteiger partial charge is 0.314 e. The minimum Gasteiger partial charge on any atom is -0.314 e. The van der Waals surface area contributed by atoms with E-state index in [4.69, 9.17) is 0 Å². The van der Waals surface area contributed by atoms with Crippen LogP contribution in [0.2, 0.25) is 19.1 Å². The molecule has 0 fully saturated rings. The van der Waals surface area contributed by atoms with Crippen LogP contribution < -0.4 is 0 Å². The smallest absolute Gasteiger partial charge is 0.240 e. The van der Waals surface area contributed by atoms with E-state index in [2.05, 4.69) is 0 Å². The van der Waals surface area contributed by atoms with E-state index in [0.717, 1.165) is 12.5 Å². The van der Waals surface area contributed by atoms with Crippen molar-refractivity contribution in [3.63, 3.8) is 0 Å². The van der Waals surface area contributed by atoms with Crippen LogP contribution in [0.25, 0.3) is 0 Å². The fraction of sp³-hybridized carbons (Fsp3) is 1.00. The van der Waals surface area contributed by atoms with Gasteiger partial charge >= 0.3 is 0 Å². The molecule has 0 aromatic heterocycles. The summed E-state index contributed by atoms with van der Waals surface area (Å²) in [5.41, 5.74) is 0. The van der Waals surface area contributed by atoms with Crippen LogP contribution in [0, 0.1) is 0 Å². The molecule has 0 bridgehead atoms. The molecule has 2 heteroatoms. The molecule has 0 saturated heterocycles. The van der Waals surface area contributed by atoms with Crippen molar-refractivity contribution < 1.29 is 4.11 Å². The first-order valence-electron chi connectivity index (χ1n) is 2.75. The summed E-state index contributed by atoms with van der Waals surface area (Å²) in [6.07, 6.45) is 0.996. The van der Waals surface area contributed by atoms with Gasteiger partial charge in [-0.2, -0.15) is 0 Å². The summed E-state index contributed by atoms with van der Waals surface area (Å²) >= 11 is 0. The van der Waals surface area contributed by atoms with Gasteiger partial charge in [0.2, 0.25) is 8.41 Å².